The van der Waals surface area contributed by atoms with Gasteiger partial charge in [0.25, 0.3) is 0 Å². The molecule has 1 aromatic carbocycles. The number of nitrogens with zero attached hydrogens (tertiary/aromatic N) is 1. The number of rotatable bonds is 4. The first-order valence-electron chi connectivity index (χ1n) is 6.37. The number of hydrogen-bond acceptors (Lipinski definition) is 2. The highest BCUT2D eigenvalue weighted by molar-refractivity contribution is 5.69. The molecule has 2 fully saturated rings. The van der Waals surface area contributed by atoms with E-state index in [9.17, 15) is 0 Å². The molecule has 0 aliphatic heterocycles. The van der Waals surface area contributed by atoms with Crippen molar-refractivity contribution >= 4 is 11.4 Å². The average Bonchev–Trinajstić information content (AvgIpc) is 3.12. The smallest absolute Gasteiger partial charge is 0.0605 e. The normalized spacial score (nSPS) is 19.8. The van der Waals surface area contributed by atoms with Gasteiger partial charge in [0.15, 0.2) is 0 Å². The average molecular weight is 216 g/mol. The second kappa shape index (κ2) is 3.69. The number of aryl methyl sites for hydroxylation is 1. The van der Waals surface area contributed by atoms with E-state index < -0.39 is 0 Å². The molecule has 0 saturated heterocycles. The van der Waals surface area contributed by atoms with Crippen molar-refractivity contribution in [3.05, 3.63) is 23.8 Å². The van der Waals surface area contributed by atoms with E-state index in [1.54, 1.807) is 0 Å². The first kappa shape index (κ1) is 10.0. The molecule has 0 unspecified atom stereocenters. The largest absolute Gasteiger partial charge is 0.397 e. The van der Waals surface area contributed by atoms with Gasteiger partial charge in [0.1, 0.15) is 0 Å². The Morgan fingerprint density at radius 1 is 1.25 bits per heavy atom. The van der Waals surface area contributed by atoms with Crippen molar-refractivity contribution in [1.29, 1.82) is 0 Å². The maximum Gasteiger partial charge on any atom is 0.0605 e. The van der Waals surface area contributed by atoms with Gasteiger partial charge in [0.2, 0.25) is 0 Å². The number of nitrogen functional groups attached to an aromatic ring is 1. The molecule has 0 heterocycles. The Bertz CT molecular complexity index is 392. The molecular weight excluding hydrogens is 196 g/mol. The Hall–Kier alpha value is -1.18. The minimum absolute atomic E-state index is 0.768. The molecule has 2 saturated carbocycles. The first-order chi connectivity index (χ1) is 7.74. The van der Waals surface area contributed by atoms with Gasteiger partial charge in [0, 0.05) is 12.6 Å². The molecular formula is C14H20N2. The van der Waals surface area contributed by atoms with E-state index in [0.29, 0.717) is 0 Å². The summed E-state index contributed by atoms with van der Waals surface area (Å²) in [5, 5.41) is 0. The lowest BCUT2D eigenvalue weighted by Gasteiger charge is -2.26. The fourth-order valence-electron chi connectivity index (χ4n) is 2.31. The van der Waals surface area contributed by atoms with Gasteiger partial charge in [-0.25, -0.2) is 0 Å². The van der Waals surface area contributed by atoms with Crippen LogP contribution in [0.1, 0.15) is 31.2 Å². The minimum Gasteiger partial charge on any atom is -0.397 e. The molecule has 16 heavy (non-hydrogen) atoms. The number of anilines is 2. The van der Waals surface area contributed by atoms with Crippen molar-refractivity contribution in [3.8, 4) is 0 Å². The standard InChI is InChI=1S/C14H20N2/c1-10-2-7-13(15)14(8-10)16(12-5-6-12)9-11-3-4-11/h2,7-8,11-12H,3-6,9,15H2,1H3. The fraction of sp³-hybridized carbons (Fsp3) is 0.571. The first-order valence-corrected chi connectivity index (χ1v) is 6.37. The van der Waals surface area contributed by atoms with Gasteiger partial charge in [-0.15, -0.1) is 0 Å². The lowest BCUT2D eigenvalue weighted by Crippen LogP contribution is -2.28. The summed E-state index contributed by atoms with van der Waals surface area (Å²) in [6.07, 6.45) is 5.52. The summed E-state index contributed by atoms with van der Waals surface area (Å²) in [5.74, 6) is 0.931. The number of hydrogen-bond donors (Lipinski definition) is 1. The van der Waals surface area contributed by atoms with E-state index in [4.69, 9.17) is 5.73 Å². The highest BCUT2D eigenvalue weighted by atomic mass is 15.2. The van der Waals surface area contributed by atoms with E-state index >= 15 is 0 Å². The number of benzene rings is 1. The van der Waals surface area contributed by atoms with Crippen LogP contribution in [0, 0.1) is 12.8 Å². The summed E-state index contributed by atoms with van der Waals surface area (Å²) in [5.41, 5.74) is 9.64. The Balaban J connectivity index is 1.87. The van der Waals surface area contributed by atoms with E-state index in [1.165, 1.54) is 43.5 Å². The van der Waals surface area contributed by atoms with Gasteiger partial charge in [-0.2, -0.15) is 0 Å². The third-order valence-corrected chi connectivity index (χ3v) is 3.63. The van der Waals surface area contributed by atoms with Crippen LogP contribution >= 0.6 is 0 Å². The van der Waals surface area contributed by atoms with E-state index in [0.717, 1.165) is 17.6 Å². The Morgan fingerprint density at radius 2 is 2.00 bits per heavy atom. The van der Waals surface area contributed by atoms with Crippen molar-refractivity contribution in [2.24, 2.45) is 5.92 Å². The zero-order valence-corrected chi connectivity index (χ0v) is 9.95. The molecule has 2 aliphatic rings. The van der Waals surface area contributed by atoms with E-state index in [2.05, 4.69) is 24.0 Å². The Labute approximate surface area is 97.4 Å². The lowest BCUT2D eigenvalue weighted by atomic mass is 10.1. The van der Waals surface area contributed by atoms with Gasteiger partial charge in [-0.3, -0.25) is 0 Å². The van der Waals surface area contributed by atoms with Crippen LogP contribution in [-0.4, -0.2) is 12.6 Å². The molecule has 2 N–H and O–H groups in total. The highest BCUT2D eigenvalue weighted by Gasteiger charge is 2.34. The molecule has 2 heteroatoms. The molecule has 1 aromatic rings. The van der Waals surface area contributed by atoms with Crippen molar-refractivity contribution in [2.45, 2.75) is 38.6 Å². The van der Waals surface area contributed by atoms with Gasteiger partial charge in [-0.1, -0.05) is 6.07 Å². The van der Waals surface area contributed by atoms with Gasteiger partial charge in [0.05, 0.1) is 11.4 Å². The van der Waals surface area contributed by atoms with Crippen LogP contribution in [0.3, 0.4) is 0 Å². The predicted molar refractivity (Wildman–Crippen MR) is 68.7 cm³/mol. The van der Waals surface area contributed by atoms with Crippen molar-refractivity contribution in [2.75, 3.05) is 17.2 Å². The van der Waals surface area contributed by atoms with Crippen molar-refractivity contribution in [3.63, 3.8) is 0 Å². The van der Waals surface area contributed by atoms with Gasteiger partial charge in [-0.05, 0) is 56.2 Å². The van der Waals surface area contributed by atoms with Crippen LogP contribution in [0.2, 0.25) is 0 Å². The predicted octanol–water partition coefficient (Wildman–Crippen LogP) is 2.96. The summed E-state index contributed by atoms with van der Waals surface area (Å²) in [4.78, 5) is 2.56. The molecule has 2 nitrogen and oxygen atoms in total. The Morgan fingerprint density at radius 3 is 2.62 bits per heavy atom. The topological polar surface area (TPSA) is 29.3 Å². The molecule has 0 radical (unpaired) electrons. The molecule has 0 spiro atoms. The molecule has 0 amide bonds. The Kier molecular flexibility index (Phi) is 2.31. The molecule has 3 rings (SSSR count). The zero-order chi connectivity index (χ0) is 11.1. The fourth-order valence-corrected chi connectivity index (χ4v) is 2.31. The third-order valence-electron chi connectivity index (χ3n) is 3.63. The van der Waals surface area contributed by atoms with Crippen LogP contribution in [0.25, 0.3) is 0 Å². The van der Waals surface area contributed by atoms with E-state index in [1.807, 2.05) is 6.07 Å². The second-order valence-corrected chi connectivity index (χ2v) is 5.39. The summed E-state index contributed by atoms with van der Waals surface area (Å²) in [6.45, 7) is 3.36. The lowest BCUT2D eigenvalue weighted by molar-refractivity contribution is 0.719. The monoisotopic (exact) mass is 216 g/mol. The molecule has 0 aromatic heterocycles. The minimum atomic E-state index is 0.768. The van der Waals surface area contributed by atoms with Gasteiger partial charge < -0.3 is 10.6 Å². The van der Waals surface area contributed by atoms with Crippen LogP contribution in [0.15, 0.2) is 18.2 Å². The van der Waals surface area contributed by atoms with E-state index in [-0.39, 0.29) is 0 Å². The summed E-state index contributed by atoms with van der Waals surface area (Å²) in [7, 11) is 0. The van der Waals surface area contributed by atoms with Crippen LogP contribution in [-0.2, 0) is 0 Å². The third kappa shape index (κ3) is 2.01. The molecule has 0 bridgehead atoms. The van der Waals surface area contributed by atoms with Crippen LogP contribution in [0.4, 0.5) is 11.4 Å². The molecule has 2 aliphatic carbocycles. The maximum atomic E-state index is 6.11. The summed E-state index contributed by atoms with van der Waals surface area (Å²) >= 11 is 0. The SMILES string of the molecule is Cc1ccc(N)c(N(CC2CC2)C2CC2)c1. The number of nitrogens with two attached hydrogens (primary N) is 1. The molecule has 0 atom stereocenters. The maximum absolute atomic E-state index is 6.11. The summed E-state index contributed by atoms with van der Waals surface area (Å²) < 4.78 is 0. The summed E-state index contributed by atoms with van der Waals surface area (Å²) in [6, 6.07) is 7.16. The molecule has 86 valence electrons. The zero-order valence-electron chi connectivity index (χ0n) is 9.95. The van der Waals surface area contributed by atoms with Crippen LogP contribution in [0.5, 0.6) is 0 Å². The van der Waals surface area contributed by atoms with Crippen molar-refractivity contribution in [1.82, 2.24) is 0 Å². The second-order valence-electron chi connectivity index (χ2n) is 5.39. The highest BCUT2D eigenvalue weighted by Crippen LogP contribution is 2.39. The van der Waals surface area contributed by atoms with Crippen molar-refractivity contribution < 1.29 is 0 Å². The quantitative estimate of drug-likeness (QED) is 0.784. The van der Waals surface area contributed by atoms with Crippen LogP contribution < -0.4 is 10.6 Å². The van der Waals surface area contributed by atoms with Gasteiger partial charge >= 0.3 is 0 Å².